The molecule has 0 bridgehead atoms. The van der Waals surface area contributed by atoms with Crippen LogP contribution in [0.4, 0.5) is 0 Å². The van der Waals surface area contributed by atoms with Gasteiger partial charge >= 0.3 is 0 Å². The lowest BCUT2D eigenvalue weighted by atomic mass is 10.1. The number of aliphatic hydroxyl groups excluding tert-OH is 1. The normalized spacial score (nSPS) is 21.0. The molecule has 2 N–H and O–H groups in total. The van der Waals surface area contributed by atoms with Crippen molar-refractivity contribution in [2.45, 2.75) is 32.8 Å². The van der Waals surface area contributed by atoms with Crippen LogP contribution < -0.4 is 5.32 Å². The largest absolute Gasteiger partial charge is 0.462 e. The van der Waals surface area contributed by atoms with Crippen LogP contribution in [0.3, 0.4) is 0 Å². The zero-order valence-corrected chi connectivity index (χ0v) is 9.25. The highest BCUT2D eigenvalue weighted by Gasteiger charge is 2.11. The van der Waals surface area contributed by atoms with Crippen LogP contribution in [0.2, 0.25) is 0 Å². The summed E-state index contributed by atoms with van der Waals surface area (Å²) >= 11 is 0. The first-order valence-corrected chi connectivity index (χ1v) is 4.92. The van der Waals surface area contributed by atoms with Gasteiger partial charge in [-0.25, -0.2) is 0 Å². The second kappa shape index (κ2) is 6.79. The van der Waals surface area contributed by atoms with E-state index in [0.717, 1.165) is 19.5 Å². The number of hydrogen-bond acceptors (Lipinski definition) is 4. The van der Waals surface area contributed by atoms with Crippen molar-refractivity contribution in [3.63, 3.8) is 0 Å². The van der Waals surface area contributed by atoms with E-state index >= 15 is 0 Å². The summed E-state index contributed by atoms with van der Waals surface area (Å²) in [5.41, 5.74) is -0.318. The fraction of sp³-hybridized carbons (Fsp3) is 0.900. The Balaban J connectivity index is 0.000000241. The van der Waals surface area contributed by atoms with Gasteiger partial charge < -0.3 is 15.2 Å². The Hall–Kier alpha value is -0.610. The summed E-state index contributed by atoms with van der Waals surface area (Å²) in [5.74, 6) is 0.542. The van der Waals surface area contributed by atoms with Gasteiger partial charge in [0.15, 0.2) is 0 Å². The smallest absolute Gasteiger partial charge is 0.293 e. The molecule has 0 radical (unpaired) electrons. The first-order chi connectivity index (χ1) is 6.49. The third-order valence-electron chi connectivity index (χ3n) is 1.82. The average Bonchev–Trinajstić information content (AvgIpc) is 2.54. The van der Waals surface area contributed by atoms with Crippen LogP contribution in [0.15, 0.2) is 0 Å². The van der Waals surface area contributed by atoms with Gasteiger partial charge in [0.05, 0.1) is 0 Å². The highest BCUT2D eigenvalue weighted by Crippen LogP contribution is 2.04. The van der Waals surface area contributed by atoms with Crippen molar-refractivity contribution in [3.05, 3.63) is 0 Å². The van der Waals surface area contributed by atoms with Gasteiger partial charge in [-0.3, -0.25) is 4.79 Å². The fourth-order valence-corrected chi connectivity index (χ4v) is 1.01. The minimum absolute atomic E-state index is 0.318. The molecule has 1 rings (SSSR count). The lowest BCUT2D eigenvalue weighted by molar-refractivity contribution is -0.138. The number of ether oxygens (including phenoxy) is 1. The van der Waals surface area contributed by atoms with E-state index in [2.05, 4.69) is 10.1 Å². The van der Waals surface area contributed by atoms with Crippen molar-refractivity contribution < 1.29 is 14.6 Å². The van der Waals surface area contributed by atoms with Crippen LogP contribution in [-0.4, -0.2) is 36.9 Å². The maximum absolute atomic E-state index is 9.60. The lowest BCUT2D eigenvalue weighted by Crippen LogP contribution is -2.17. The molecule has 1 heterocycles. The second-order valence-corrected chi connectivity index (χ2v) is 4.37. The molecule has 0 spiro atoms. The summed E-state index contributed by atoms with van der Waals surface area (Å²) in [6.07, 6.45) is 1.15. The van der Waals surface area contributed by atoms with E-state index < -0.39 is 0 Å². The van der Waals surface area contributed by atoms with E-state index in [9.17, 15) is 4.79 Å². The molecule has 1 atom stereocenters. The maximum atomic E-state index is 9.60. The Morgan fingerprint density at radius 1 is 1.57 bits per heavy atom. The highest BCUT2D eigenvalue weighted by atomic mass is 16.5. The van der Waals surface area contributed by atoms with Crippen molar-refractivity contribution >= 4 is 6.47 Å². The van der Waals surface area contributed by atoms with Crippen molar-refractivity contribution in [3.8, 4) is 0 Å². The molecular weight excluding hydrogens is 182 g/mol. The topological polar surface area (TPSA) is 58.6 Å². The molecule has 4 heteroatoms. The summed E-state index contributed by atoms with van der Waals surface area (Å²) in [5, 5.41) is 11.7. The van der Waals surface area contributed by atoms with E-state index in [4.69, 9.17) is 5.11 Å². The molecule has 84 valence electrons. The van der Waals surface area contributed by atoms with Crippen LogP contribution in [0.5, 0.6) is 0 Å². The molecule has 1 saturated heterocycles. The van der Waals surface area contributed by atoms with Crippen LogP contribution in [0.25, 0.3) is 0 Å². The van der Waals surface area contributed by atoms with E-state index in [0.29, 0.717) is 19.0 Å². The van der Waals surface area contributed by atoms with E-state index in [-0.39, 0.29) is 5.60 Å². The summed E-state index contributed by atoms with van der Waals surface area (Å²) in [7, 11) is 0. The predicted molar refractivity (Wildman–Crippen MR) is 55.0 cm³/mol. The Bertz CT molecular complexity index is 148. The first kappa shape index (κ1) is 13.4. The van der Waals surface area contributed by atoms with Crippen molar-refractivity contribution in [1.82, 2.24) is 5.32 Å². The van der Waals surface area contributed by atoms with Gasteiger partial charge in [0.1, 0.15) is 5.60 Å². The molecule has 14 heavy (non-hydrogen) atoms. The number of carbonyl (C=O) groups excluding carboxylic acids is 1. The van der Waals surface area contributed by atoms with Gasteiger partial charge in [0.25, 0.3) is 6.47 Å². The highest BCUT2D eigenvalue weighted by molar-refractivity contribution is 5.37. The number of nitrogens with one attached hydrogen (secondary N) is 1. The van der Waals surface area contributed by atoms with Gasteiger partial charge in [-0.05, 0) is 39.7 Å². The number of aliphatic hydroxyl groups is 1. The van der Waals surface area contributed by atoms with Crippen LogP contribution >= 0.6 is 0 Å². The first-order valence-electron chi connectivity index (χ1n) is 4.92. The van der Waals surface area contributed by atoms with Crippen molar-refractivity contribution in [2.75, 3.05) is 19.7 Å². The monoisotopic (exact) mass is 203 g/mol. The summed E-state index contributed by atoms with van der Waals surface area (Å²) in [6, 6.07) is 0. The van der Waals surface area contributed by atoms with Crippen molar-refractivity contribution in [2.24, 2.45) is 5.92 Å². The van der Waals surface area contributed by atoms with Gasteiger partial charge in [-0.2, -0.15) is 0 Å². The van der Waals surface area contributed by atoms with Gasteiger partial charge in [0, 0.05) is 13.2 Å². The van der Waals surface area contributed by atoms with Gasteiger partial charge in [-0.1, -0.05) is 0 Å². The van der Waals surface area contributed by atoms with E-state index in [1.54, 1.807) is 0 Å². The average molecular weight is 203 g/mol. The van der Waals surface area contributed by atoms with Gasteiger partial charge in [0.2, 0.25) is 0 Å². The fourth-order valence-electron chi connectivity index (χ4n) is 1.01. The van der Waals surface area contributed by atoms with Crippen LogP contribution in [-0.2, 0) is 9.53 Å². The van der Waals surface area contributed by atoms with E-state index in [1.807, 2.05) is 20.8 Å². The molecule has 0 aromatic heterocycles. The molecule has 0 aromatic carbocycles. The summed E-state index contributed by atoms with van der Waals surface area (Å²) < 4.78 is 4.55. The minimum Gasteiger partial charge on any atom is -0.462 e. The zero-order valence-electron chi connectivity index (χ0n) is 9.25. The second-order valence-electron chi connectivity index (χ2n) is 4.37. The van der Waals surface area contributed by atoms with Crippen LogP contribution in [0.1, 0.15) is 27.2 Å². The number of rotatable bonds is 2. The number of carbonyl (C=O) groups is 1. The van der Waals surface area contributed by atoms with Crippen molar-refractivity contribution in [1.29, 1.82) is 0 Å². The summed E-state index contributed by atoms with van der Waals surface area (Å²) in [4.78, 5) is 9.60. The molecule has 4 nitrogen and oxygen atoms in total. The van der Waals surface area contributed by atoms with E-state index in [1.165, 1.54) is 0 Å². The molecule has 1 aliphatic heterocycles. The lowest BCUT2D eigenvalue weighted by Gasteiger charge is -2.14. The Kier molecular flexibility index (Phi) is 6.49. The molecule has 0 aromatic rings. The SMILES string of the molecule is CC(C)(C)OC=O.OCC1CCNC1. The molecular formula is C10H21NO3. The Morgan fingerprint density at radius 2 is 2.21 bits per heavy atom. The number of hydrogen-bond donors (Lipinski definition) is 2. The quantitative estimate of drug-likeness (QED) is 0.643. The molecule has 0 saturated carbocycles. The third kappa shape index (κ3) is 8.01. The predicted octanol–water partition coefficient (Wildman–Crippen LogP) is 0.546. The standard InChI is InChI=1S/C5H11NO.C5H10O2/c7-4-5-1-2-6-3-5;1-5(2,3)7-4-6/h5-7H,1-4H2;4H,1-3H3. The van der Waals surface area contributed by atoms with Crippen LogP contribution in [0, 0.1) is 5.92 Å². The molecule has 0 amide bonds. The molecule has 1 fully saturated rings. The maximum Gasteiger partial charge on any atom is 0.293 e. The molecule has 0 aliphatic carbocycles. The Morgan fingerprint density at radius 3 is 2.36 bits per heavy atom. The third-order valence-corrected chi connectivity index (χ3v) is 1.82. The van der Waals surface area contributed by atoms with Gasteiger partial charge in [-0.15, -0.1) is 0 Å². The molecule has 1 unspecified atom stereocenters. The molecule has 1 aliphatic rings. The zero-order chi connectivity index (χ0) is 11.0. The summed E-state index contributed by atoms with van der Waals surface area (Å²) in [6.45, 7) is 8.37. The minimum atomic E-state index is -0.318. The Labute approximate surface area is 85.6 Å².